The zero-order chi connectivity index (χ0) is 17.9. The van der Waals surface area contributed by atoms with Crippen LogP contribution in [0.5, 0.6) is 0 Å². The van der Waals surface area contributed by atoms with Gasteiger partial charge in [0.15, 0.2) is 0 Å². The molecule has 6 heteroatoms. The molecule has 0 spiro atoms. The van der Waals surface area contributed by atoms with Gasteiger partial charge in [0, 0.05) is 51.4 Å². The number of likely N-dealkylation sites (tertiary alicyclic amines) is 2. The van der Waals surface area contributed by atoms with Crippen LogP contribution in [0.4, 0.5) is 0 Å². The van der Waals surface area contributed by atoms with Crippen LogP contribution < -0.4 is 0 Å². The lowest BCUT2D eigenvalue weighted by Crippen LogP contribution is -2.41. The second kappa shape index (κ2) is 7.81. The smallest absolute Gasteiger partial charge is 0.311 e. The minimum atomic E-state index is -0.607. The third-order valence-electron chi connectivity index (χ3n) is 5.74. The Balaban J connectivity index is 1.70. The summed E-state index contributed by atoms with van der Waals surface area (Å²) in [6, 6.07) is 5.99. The van der Waals surface area contributed by atoms with E-state index in [1.807, 2.05) is 24.4 Å². The predicted octanol–water partition coefficient (Wildman–Crippen LogP) is 1.24. The highest BCUT2D eigenvalue weighted by atomic mass is 16.4. The molecule has 0 aliphatic carbocycles. The van der Waals surface area contributed by atoms with Crippen LogP contribution in [0.25, 0.3) is 0 Å². The summed E-state index contributed by atoms with van der Waals surface area (Å²) in [4.78, 5) is 23.5. The van der Waals surface area contributed by atoms with Gasteiger partial charge in [-0.05, 0) is 45.6 Å². The van der Waals surface area contributed by atoms with E-state index in [1.165, 1.54) is 0 Å². The number of hydrogen-bond donors (Lipinski definition) is 1. The van der Waals surface area contributed by atoms with Crippen molar-refractivity contribution < 1.29 is 9.90 Å². The zero-order valence-corrected chi connectivity index (χ0v) is 15.4. The Bertz CT molecular complexity index is 580. The molecule has 2 fully saturated rings. The molecule has 6 nitrogen and oxygen atoms in total. The predicted molar refractivity (Wildman–Crippen MR) is 97.3 cm³/mol. The number of nitrogens with zero attached hydrogens (tertiary/aromatic N) is 4. The maximum absolute atomic E-state index is 12.2. The quantitative estimate of drug-likeness (QED) is 0.836. The molecule has 1 aromatic rings. The van der Waals surface area contributed by atoms with Gasteiger partial charge in [-0.3, -0.25) is 14.7 Å². The number of aliphatic carboxylic acids is 1. The van der Waals surface area contributed by atoms with E-state index in [0.29, 0.717) is 6.54 Å². The second-order valence-corrected chi connectivity index (χ2v) is 7.86. The summed E-state index contributed by atoms with van der Waals surface area (Å²) in [6.45, 7) is 6.11. The first kappa shape index (κ1) is 18.3. The molecule has 3 heterocycles. The number of rotatable bonds is 6. The summed E-state index contributed by atoms with van der Waals surface area (Å²) >= 11 is 0. The molecule has 0 bridgehead atoms. The minimum Gasteiger partial charge on any atom is -0.481 e. The first-order chi connectivity index (χ1) is 12.0. The van der Waals surface area contributed by atoms with Crippen molar-refractivity contribution in [1.29, 1.82) is 0 Å². The number of pyridine rings is 1. The molecule has 0 amide bonds. The molecule has 1 aromatic heterocycles. The van der Waals surface area contributed by atoms with E-state index in [-0.39, 0.29) is 5.92 Å². The standard InChI is InChI=1S/C19H30N4O2/c1-21(2)10-11-23-13-16-12-22(14-17-6-3-4-8-20-17)9-5-7-19(16,15-23)18(24)25/h3-4,6,8,16H,5,7,9-15H2,1-2H3,(H,24,25)/t16-,19-/m0/s1. The fourth-order valence-corrected chi connectivity index (χ4v) is 4.34. The third-order valence-corrected chi connectivity index (χ3v) is 5.74. The number of carbonyl (C=O) groups is 1. The van der Waals surface area contributed by atoms with Gasteiger partial charge in [-0.2, -0.15) is 0 Å². The van der Waals surface area contributed by atoms with Crippen molar-refractivity contribution in [3.8, 4) is 0 Å². The van der Waals surface area contributed by atoms with Gasteiger partial charge in [0.25, 0.3) is 0 Å². The molecule has 0 saturated carbocycles. The summed E-state index contributed by atoms with van der Waals surface area (Å²) in [6.07, 6.45) is 3.55. The fraction of sp³-hybridized carbons (Fsp3) is 0.684. The summed E-state index contributed by atoms with van der Waals surface area (Å²) in [5, 5.41) is 10.0. The average Bonchev–Trinajstić information content (AvgIpc) is 2.84. The highest BCUT2D eigenvalue weighted by Gasteiger charge is 2.53. The molecule has 2 saturated heterocycles. The maximum atomic E-state index is 12.2. The van der Waals surface area contributed by atoms with Crippen LogP contribution in [0.1, 0.15) is 18.5 Å². The van der Waals surface area contributed by atoms with Crippen molar-refractivity contribution >= 4 is 5.97 Å². The van der Waals surface area contributed by atoms with Crippen LogP contribution in [0, 0.1) is 11.3 Å². The van der Waals surface area contributed by atoms with E-state index in [9.17, 15) is 9.90 Å². The lowest BCUT2D eigenvalue weighted by Gasteiger charge is -2.29. The lowest BCUT2D eigenvalue weighted by atomic mass is 9.75. The molecule has 1 N–H and O–H groups in total. The molecule has 0 unspecified atom stereocenters. The van der Waals surface area contributed by atoms with E-state index in [1.54, 1.807) is 0 Å². The van der Waals surface area contributed by atoms with Crippen LogP contribution in [0.3, 0.4) is 0 Å². The Morgan fingerprint density at radius 3 is 2.84 bits per heavy atom. The highest BCUT2D eigenvalue weighted by Crippen LogP contribution is 2.43. The average molecular weight is 346 g/mol. The van der Waals surface area contributed by atoms with Gasteiger partial charge in [0.2, 0.25) is 0 Å². The highest BCUT2D eigenvalue weighted by molar-refractivity contribution is 5.76. The van der Waals surface area contributed by atoms with E-state index < -0.39 is 11.4 Å². The van der Waals surface area contributed by atoms with Gasteiger partial charge >= 0.3 is 5.97 Å². The molecule has 2 aliphatic heterocycles. The molecule has 3 rings (SSSR count). The first-order valence-electron chi connectivity index (χ1n) is 9.22. The second-order valence-electron chi connectivity index (χ2n) is 7.86. The number of aromatic nitrogens is 1. The van der Waals surface area contributed by atoms with Crippen molar-refractivity contribution in [3.05, 3.63) is 30.1 Å². The molecule has 25 heavy (non-hydrogen) atoms. The Morgan fingerprint density at radius 1 is 1.36 bits per heavy atom. The van der Waals surface area contributed by atoms with Gasteiger partial charge in [-0.1, -0.05) is 6.07 Å². The SMILES string of the molecule is CN(C)CCN1C[C@@H]2CN(Cc3ccccn3)CCC[C@]2(C(=O)O)C1. The molecule has 0 radical (unpaired) electrons. The maximum Gasteiger partial charge on any atom is 0.311 e. The normalized spacial score (nSPS) is 28.0. The summed E-state index contributed by atoms with van der Waals surface area (Å²) < 4.78 is 0. The number of likely N-dealkylation sites (N-methyl/N-ethyl adjacent to an activating group) is 1. The van der Waals surface area contributed by atoms with E-state index in [2.05, 4.69) is 33.8 Å². The van der Waals surface area contributed by atoms with Crippen LogP contribution in [-0.4, -0.2) is 84.1 Å². The molecular weight excluding hydrogens is 316 g/mol. The van der Waals surface area contributed by atoms with Crippen LogP contribution >= 0.6 is 0 Å². The van der Waals surface area contributed by atoms with Crippen molar-refractivity contribution in [3.63, 3.8) is 0 Å². The first-order valence-corrected chi connectivity index (χ1v) is 9.22. The van der Waals surface area contributed by atoms with Crippen LogP contribution in [-0.2, 0) is 11.3 Å². The third kappa shape index (κ3) is 4.19. The zero-order valence-electron chi connectivity index (χ0n) is 15.4. The summed E-state index contributed by atoms with van der Waals surface area (Å²) in [5.74, 6) is -0.414. The Morgan fingerprint density at radius 2 is 2.16 bits per heavy atom. The van der Waals surface area contributed by atoms with Crippen molar-refractivity contribution in [2.24, 2.45) is 11.3 Å². The minimum absolute atomic E-state index is 0.193. The van der Waals surface area contributed by atoms with Gasteiger partial charge < -0.3 is 14.9 Å². The number of fused-ring (bicyclic) bond motifs is 1. The lowest BCUT2D eigenvalue weighted by molar-refractivity contribution is -0.151. The molecule has 2 atom stereocenters. The largest absolute Gasteiger partial charge is 0.481 e. The number of carboxylic acids is 1. The summed E-state index contributed by atoms with van der Waals surface area (Å²) in [7, 11) is 4.13. The van der Waals surface area contributed by atoms with Gasteiger partial charge in [0.1, 0.15) is 0 Å². The van der Waals surface area contributed by atoms with Gasteiger partial charge in [-0.15, -0.1) is 0 Å². The van der Waals surface area contributed by atoms with Gasteiger partial charge in [-0.25, -0.2) is 0 Å². The van der Waals surface area contributed by atoms with Crippen molar-refractivity contribution in [2.75, 3.05) is 53.4 Å². The van der Waals surface area contributed by atoms with Gasteiger partial charge in [0.05, 0.1) is 11.1 Å². The Labute approximate surface area is 150 Å². The van der Waals surface area contributed by atoms with E-state index in [0.717, 1.165) is 57.8 Å². The molecular formula is C19H30N4O2. The van der Waals surface area contributed by atoms with Crippen molar-refractivity contribution in [1.82, 2.24) is 19.7 Å². The number of carboxylic acid groups (broad SMARTS) is 1. The molecule has 2 aliphatic rings. The van der Waals surface area contributed by atoms with E-state index >= 15 is 0 Å². The molecule has 0 aromatic carbocycles. The van der Waals surface area contributed by atoms with E-state index in [4.69, 9.17) is 0 Å². The topological polar surface area (TPSA) is 59.9 Å². The van der Waals surface area contributed by atoms with Crippen molar-refractivity contribution in [2.45, 2.75) is 19.4 Å². The fourth-order valence-electron chi connectivity index (χ4n) is 4.34. The van der Waals surface area contributed by atoms with Crippen LogP contribution in [0.2, 0.25) is 0 Å². The van der Waals surface area contributed by atoms with Crippen LogP contribution in [0.15, 0.2) is 24.4 Å². The molecule has 138 valence electrons. The number of hydrogen-bond acceptors (Lipinski definition) is 5. The Hall–Kier alpha value is -1.50. The monoisotopic (exact) mass is 346 g/mol. The summed E-state index contributed by atoms with van der Waals surface area (Å²) in [5.41, 5.74) is 0.485. The Kier molecular flexibility index (Phi) is 5.71.